The molecule has 0 aromatic heterocycles. The molecular weight excluding hydrogens is 262 g/mol. The van der Waals surface area contributed by atoms with E-state index in [1.54, 1.807) is 0 Å². The summed E-state index contributed by atoms with van der Waals surface area (Å²) in [5.74, 6) is 1.61. The Morgan fingerprint density at radius 2 is 1.43 bits per heavy atom. The summed E-state index contributed by atoms with van der Waals surface area (Å²) in [5.41, 5.74) is 0.917. The van der Waals surface area contributed by atoms with Crippen molar-refractivity contribution in [3.63, 3.8) is 0 Å². The van der Waals surface area contributed by atoms with E-state index in [4.69, 9.17) is 9.98 Å². The van der Waals surface area contributed by atoms with Crippen LogP contribution < -0.4 is 0 Å². The third-order valence-electron chi connectivity index (χ3n) is 3.03. The van der Waals surface area contributed by atoms with Gasteiger partial charge in [-0.2, -0.15) is 4.99 Å². The Morgan fingerprint density at radius 1 is 0.905 bits per heavy atom. The summed E-state index contributed by atoms with van der Waals surface area (Å²) in [6.45, 7) is 5.98. The smallest absolute Gasteiger partial charge is 0.229 e. The van der Waals surface area contributed by atoms with Crippen LogP contribution in [0.25, 0.3) is 0 Å². The normalized spacial score (nSPS) is 11.0. The summed E-state index contributed by atoms with van der Waals surface area (Å²) < 4.78 is 0. The van der Waals surface area contributed by atoms with Crippen molar-refractivity contribution in [1.29, 1.82) is 0 Å². The second-order valence-electron chi connectivity index (χ2n) is 5.12. The van der Waals surface area contributed by atoms with Crippen LogP contribution in [-0.4, -0.2) is 67.9 Å². The van der Waals surface area contributed by atoms with Gasteiger partial charge in [-0.05, 0) is 26.0 Å². The number of benzene rings is 1. The summed E-state index contributed by atoms with van der Waals surface area (Å²) in [6.07, 6.45) is 0. The van der Waals surface area contributed by atoms with Gasteiger partial charge in [0.2, 0.25) is 11.9 Å². The molecule has 0 saturated heterocycles. The maximum absolute atomic E-state index is 4.76. The zero-order valence-corrected chi connectivity index (χ0v) is 14.0. The predicted octanol–water partition coefficient (Wildman–Crippen LogP) is 2.50. The molecule has 0 fully saturated rings. The molecule has 1 aromatic rings. The molecule has 0 atom stereocenters. The molecule has 1 rings (SSSR count). The minimum atomic E-state index is 0.739. The van der Waals surface area contributed by atoms with Crippen LogP contribution in [0.15, 0.2) is 40.3 Å². The van der Waals surface area contributed by atoms with Gasteiger partial charge in [0.25, 0.3) is 0 Å². The van der Waals surface area contributed by atoms with Crippen LogP contribution in [0.5, 0.6) is 0 Å². The molecule has 0 N–H and O–H groups in total. The zero-order valence-electron chi connectivity index (χ0n) is 14.0. The number of hydrogen-bond acceptors (Lipinski definition) is 1. The highest BCUT2D eigenvalue weighted by molar-refractivity contribution is 5.95. The number of rotatable bonds is 3. The van der Waals surface area contributed by atoms with Gasteiger partial charge in [0.1, 0.15) is 0 Å². The molecular formula is C16H27N5. The molecule has 0 aliphatic heterocycles. The quantitative estimate of drug-likeness (QED) is 0.633. The lowest BCUT2D eigenvalue weighted by molar-refractivity contribution is 0.451. The second-order valence-corrected chi connectivity index (χ2v) is 5.12. The SMILES string of the molecule is CCN(CC)C(N=C(N(C)C)N(C)C)=Nc1ccccc1. The molecule has 0 aliphatic carbocycles. The fourth-order valence-corrected chi connectivity index (χ4v) is 1.98. The molecule has 1 aromatic carbocycles. The summed E-state index contributed by atoms with van der Waals surface area (Å²) >= 11 is 0. The van der Waals surface area contributed by atoms with Crippen molar-refractivity contribution >= 4 is 17.6 Å². The third kappa shape index (κ3) is 5.10. The lowest BCUT2D eigenvalue weighted by Crippen LogP contribution is -2.38. The first-order valence-corrected chi connectivity index (χ1v) is 7.31. The van der Waals surface area contributed by atoms with E-state index in [0.29, 0.717) is 0 Å². The van der Waals surface area contributed by atoms with Gasteiger partial charge >= 0.3 is 0 Å². The Labute approximate surface area is 128 Å². The first-order chi connectivity index (χ1) is 9.99. The first-order valence-electron chi connectivity index (χ1n) is 7.31. The van der Waals surface area contributed by atoms with Crippen molar-refractivity contribution in [2.45, 2.75) is 13.8 Å². The van der Waals surface area contributed by atoms with Crippen LogP contribution in [0.2, 0.25) is 0 Å². The van der Waals surface area contributed by atoms with Crippen molar-refractivity contribution in [3.05, 3.63) is 30.3 Å². The van der Waals surface area contributed by atoms with E-state index in [2.05, 4.69) is 18.7 Å². The lowest BCUT2D eigenvalue weighted by atomic mass is 10.3. The van der Waals surface area contributed by atoms with E-state index < -0.39 is 0 Å². The predicted molar refractivity (Wildman–Crippen MR) is 91.3 cm³/mol. The van der Waals surface area contributed by atoms with Gasteiger partial charge in [-0.1, -0.05) is 18.2 Å². The molecule has 116 valence electrons. The fourth-order valence-electron chi connectivity index (χ4n) is 1.98. The number of aliphatic imine (C=N–C) groups is 2. The number of hydrogen-bond donors (Lipinski definition) is 0. The van der Waals surface area contributed by atoms with Gasteiger partial charge < -0.3 is 14.7 Å². The molecule has 0 amide bonds. The zero-order chi connectivity index (χ0) is 15.8. The molecule has 0 aliphatic rings. The molecule has 5 nitrogen and oxygen atoms in total. The van der Waals surface area contributed by atoms with Crippen molar-refractivity contribution in [2.75, 3.05) is 41.3 Å². The Kier molecular flexibility index (Phi) is 6.72. The average molecular weight is 289 g/mol. The molecule has 5 heteroatoms. The van der Waals surface area contributed by atoms with Gasteiger partial charge in [-0.25, -0.2) is 4.99 Å². The highest BCUT2D eigenvalue weighted by Crippen LogP contribution is 2.12. The van der Waals surface area contributed by atoms with Gasteiger partial charge in [0.05, 0.1) is 5.69 Å². The molecule has 0 heterocycles. The first kappa shape index (κ1) is 17.0. The van der Waals surface area contributed by atoms with E-state index in [9.17, 15) is 0 Å². The van der Waals surface area contributed by atoms with Crippen LogP contribution >= 0.6 is 0 Å². The summed E-state index contributed by atoms with van der Waals surface area (Å²) in [4.78, 5) is 15.6. The molecule has 0 spiro atoms. The van der Waals surface area contributed by atoms with Crippen LogP contribution in [0.1, 0.15) is 13.8 Å². The minimum absolute atomic E-state index is 0.739. The summed E-state index contributed by atoms with van der Waals surface area (Å²) in [5, 5.41) is 0. The van der Waals surface area contributed by atoms with Crippen LogP contribution in [0.3, 0.4) is 0 Å². The van der Waals surface area contributed by atoms with Gasteiger partial charge in [-0.15, -0.1) is 0 Å². The Morgan fingerprint density at radius 3 is 1.86 bits per heavy atom. The van der Waals surface area contributed by atoms with E-state index in [1.807, 2.05) is 68.3 Å². The number of guanidine groups is 2. The largest absolute Gasteiger partial charge is 0.349 e. The Bertz CT molecular complexity index is 463. The highest BCUT2D eigenvalue weighted by atomic mass is 15.4. The third-order valence-corrected chi connectivity index (χ3v) is 3.03. The fraction of sp³-hybridized carbons (Fsp3) is 0.500. The maximum Gasteiger partial charge on any atom is 0.229 e. The summed E-state index contributed by atoms with van der Waals surface area (Å²) in [6, 6.07) is 9.95. The molecule has 0 unspecified atom stereocenters. The topological polar surface area (TPSA) is 34.4 Å². The van der Waals surface area contributed by atoms with Crippen LogP contribution in [0.4, 0.5) is 5.69 Å². The van der Waals surface area contributed by atoms with Crippen molar-refractivity contribution in [3.8, 4) is 0 Å². The highest BCUT2D eigenvalue weighted by Gasteiger charge is 2.11. The standard InChI is InChI=1S/C16H27N5/c1-7-21(8-2)15(17-14-12-10-9-11-13-14)18-16(19(3)4)20(5)6/h9-13H,7-8H2,1-6H3. The second kappa shape index (κ2) is 8.29. The number of nitrogens with zero attached hydrogens (tertiary/aromatic N) is 5. The van der Waals surface area contributed by atoms with Crippen molar-refractivity contribution in [2.24, 2.45) is 9.98 Å². The van der Waals surface area contributed by atoms with Crippen LogP contribution in [0, 0.1) is 0 Å². The minimum Gasteiger partial charge on any atom is -0.349 e. The van der Waals surface area contributed by atoms with Crippen LogP contribution in [-0.2, 0) is 0 Å². The van der Waals surface area contributed by atoms with Gasteiger partial charge in [0, 0.05) is 41.3 Å². The molecule has 0 saturated carbocycles. The van der Waals surface area contributed by atoms with E-state index in [-0.39, 0.29) is 0 Å². The Balaban J connectivity index is 3.26. The average Bonchev–Trinajstić information content (AvgIpc) is 2.45. The van der Waals surface area contributed by atoms with E-state index in [0.717, 1.165) is 30.7 Å². The summed E-state index contributed by atoms with van der Waals surface area (Å²) in [7, 11) is 7.95. The van der Waals surface area contributed by atoms with E-state index >= 15 is 0 Å². The van der Waals surface area contributed by atoms with Crippen molar-refractivity contribution in [1.82, 2.24) is 14.7 Å². The number of para-hydroxylation sites is 1. The van der Waals surface area contributed by atoms with Gasteiger partial charge in [-0.3, -0.25) is 0 Å². The monoisotopic (exact) mass is 289 g/mol. The van der Waals surface area contributed by atoms with Crippen molar-refractivity contribution < 1.29 is 0 Å². The molecule has 0 bridgehead atoms. The maximum atomic E-state index is 4.76. The van der Waals surface area contributed by atoms with E-state index in [1.165, 1.54) is 0 Å². The van der Waals surface area contributed by atoms with Gasteiger partial charge in [0.15, 0.2) is 0 Å². The molecule has 0 radical (unpaired) electrons. The lowest BCUT2D eigenvalue weighted by Gasteiger charge is -2.26. The Hall–Kier alpha value is -2.04. The molecule has 21 heavy (non-hydrogen) atoms.